The summed E-state index contributed by atoms with van der Waals surface area (Å²) in [5, 5.41) is 0. The summed E-state index contributed by atoms with van der Waals surface area (Å²) in [6.45, 7) is 5.45. The van der Waals surface area contributed by atoms with E-state index >= 15 is 0 Å². The lowest BCUT2D eigenvalue weighted by Crippen LogP contribution is -2.41. The first-order valence-electron chi connectivity index (χ1n) is 3.38. The summed E-state index contributed by atoms with van der Waals surface area (Å²) in [5.74, 6) is 0. The molecule has 0 heterocycles. The van der Waals surface area contributed by atoms with Gasteiger partial charge in [-0.2, -0.15) is 4.79 Å². The van der Waals surface area contributed by atoms with Crippen LogP contribution >= 0.6 is 23.6 Å². The standard InChI is InChI=1S/C6H12Cl2NO2/c1-4-11-6(10)9(7,8)5(2)3/h5H,4H2,1-3H3/q+1. The van der Waals surface area contributed by atoms with Crippen LogP contribution in [0.4, 0.5) is 4.79 Å². The molecule has 3 nitrogen and oxygen atoms in total. The summed E-state index contributed by atoms with van der Waals surface area (Å²) in [6, 6.07) is -0.211. The molecule has 66 valence electrons. The fraction of sp³-hybridized carbons (Fsp3) is 0.833. The number of hydrogen-bond donors (Lipinski definition) is 0. The highest BCUT2D eigenvalue weighted by atomic mass is 35.5. The Balaban J connectivity index is 4.18. The van der Waals surface area contributed by atoms with Crippen molar-refractivity contribution in [1.29, 1.82) is 0 Å². The Morgan fingerprint density at radius 3 is 2.27 bits per heavy atom. The highest BCUT2D eigenvalue weighted by Gasteiger charge is 2.41. The number of quaternary nitrogens is 1. The number of ether oxygens (including phenoxy) is 1. The van der Waals surface area contributed by atoms with Crippen molar-refractivity contribution < 1.29 is 13.1 Å². The molecule has 5 heteroatoms. The van der Waals surface area contributed by atoms with Gasteiger partial charge >= 0.3 is 6.09 Å². The van der Waals surface area contributed by atoms with Crippen molar-refractivity contribution in [3.05, 3.63) is 0 Å². The molecule has 0 aromatic heterocycles. The van der Waals surface area contributed by atoms with E-state index in [-0.39, 0.29) is 12.6 Å². The van der Waals surface area contributed by atoms with Crippen LogP contribution in [0.5, 0.6) is 0 Å². The van der Waals surface area contributed by atoms with Crippen LogP contribution in [0.25, 0.3) is 0 Å². The maximum absolute atomic E-state index is 11.0. The van der Waals surface area contributed by atoms with E-state index in [4.69, 9.17) is 23.6 Å². The Kier molecular flexibility index (Phi) is 4.14. The van der Waals surface area contributed by atoms with E-state index in [1.807, 2.05) is 0 Å². The number of amides is 1. The fourth-order valence-electron chi connectivity index (χ4n) is 0.420. The molecule has 0 aliphatic heterocycles. The molecule has 0 atom stereocenters. The first-order valence-corrected chi connectivity index (χ1v) is 4.05. The van der Waals surface area contributed by atoms with Crippen molar-refractivity contribution in [2.75, 3.05) is 6.61 Å². The number of nitrogens with zero attached hydrogens (tertiary/aromatic N) is 1. The third-order valence-electron chi connectivity index (χ3n) is 1.16. The normalized spacial score (nSPS) is 11.8. The smallest absolute Gasteiger partial charge is 0.418 e. The predicted molar refractivity (Wildman–Crippen MR) is 44.1 cm³/mol. The van der Waals surface area contributed by atoms with E-state index in [9.17, 15) is 4.79 Å². The third-order valence-corrected chi connectivity index (χ3v) is 2.22. The Hall–Kier alpha value is 0.01000. The molecule has 0 spiro atoms. The van der Waals surface area contributed by atoms with E-state index in [2.05, 4.69) is 4.74 Å². The van der Waals surface area contributed by atoms with Crippen LogP contribution in [0, 0.1) is 0 Å². The summed E-state index contributed by atoms with van der Waals surface area (Å²) < 4.78 is 3.87. The van der Waals surface area contributed by atoms with Gasteiger partial charge in [-0.05, 0) is 24.3 Å². The van der Waals surface area contributed by atoms with Gasteiger partial charge in [-0.15, -0.1) is 0 Å². The van der Waals surface area contributed by atoms with Crippen molar-refractivity contribution in [2.45, 2.75) is 26.8 Å². The van der Waals surface area contributed by atoms with E-state index in [0.29, 0.717) is 0 Å². The summed E-state index contributed by atoms with van der Waals surface area (Å²) >= 11 is 11.3. The molecule has 0 aromatic carbocycles. The molecule has 0 unspecified atom stereocenters. The third kappa shape index (κ3) is 2.85. The number of carbonyl (C=O) groups is 1. The maximum atomic E-state index is 11.0. The Labute approximate surface area is 76.6 Å². The maximum Gasteiger partial charge on any atom is 0.553 e. The van der Waals surface area contributed by atoms with E-state index in [1.54, 1.807) is 20.8 Å². The Morgan fingerprint density at radius 2 is 2.00 bits per heavy atom. The van der Waals surface area contributed by atoms with Crippen LogP contribution in [0.3, 0.4) is 0 Å². The quantitative estimate of drug-likeness (QED) is 0.642. The number of carbonyl (C=O) groups excluding carboxylic acids is 1. The minimum absolute atomic E-state index is 0.211. The Morgan fingerprint density at radius 1 is 1.55 bits per heavy atom. The fourth-order valence-corrected chi connectivity index (χ4v) is 0.518. The zero-order chi connectivity index (χ0) is 9.07. The highest BCUT2D eigenvalue weighted by Crippen LogP contribution is 2.24. The molecule has 1 amide bonds. The van der Waals surface area contributed by atoms with E-state index in [1.165, 1.54) is 0 Å². The van der Waals surface area contributed by atoms with Gasteiger partial charge in [0.05, 0.1) is 6.61 Å². The molecule has 0 bridgehead atoms. The van der Waals surface area contributed by atoms with Crippen molar-refractivity contribution in [1.82, 2.24) is 0 Å². The van der Waals surface area contributed by atoms with Gasteiger partial charge in [0, 0.05) is 0 Å². The van der Waals surface area contributed by atoms with Crippen molar-refractivity contribution in [3.63, 3.8) is 0 Å². The number of hydrogen-bond acceptors (Lipinski definition) is 2. The van der Waals surface area contributed by atoms with Crippen LogP contribution in [0.15, 0.2) is 0 Å². The zero-order valence-electron chi connectivity index (χ0n) is 6.80. The lowest BCUT2D eigenvalue weighted by Gasteiger charge is -2.18. The molecule has 0 saturated carbocycles. The largest absolute Gasteiger partial charge is 0.553 e. The van der Waals surface area contributed by atoms with Crippen molar-refractivity contribution >= 4 is 29.6 Å². The van der Waals surface area contributed by atoms with Gasteiger partial charge < -0.3 is 4.74 Å². The van der Waals surface area contributed by atoms with Gasteiger partial charge in [0.1, 0.15) is 6.04 Å². The topological polar surface area (TPSA) is 26.3 Å². The number of rotatable bonds is 2. The molecule has 0 aromatic rings. The summed E-state index contributed by atoms with van der Waals surface area (Å²) in [4.78, 5) is 11.0. The van der Waals surface area contributed by atoms with E-state index in [0.717, 1.165) is 0 Å². The first-order chi connectivity index (χ1) is 4.92. The zero-order valence-corrected chi connectivity index (χ0v) is 8.32. The molecule has 0 fully saturated rings. The van der Waals surface area contributed by atoms with Gasteiger partial charge in [0.15, 0.2) is 23.6 Å². The second kappa shape index (κ2) is 4.14. The average Bonchev–Trinajstić information content (AvgIpc) is 1.88. The van der Waals surface area contributed by atoms with Gasteiger partial charge in [-0.25, -0.2) is 0 Å². The second-order valence-electron chi connectivity index (χ2n) is 2.35. The minimum Gasteiger partial charge on any atom is -0.418 e. The molecular weight excluding hydrogens is 189 g/mol. The van der Waals surface area contributed by atoms with Crippen molar-refractivity contribution in [2.24, 2.45) is 0 Å². The van der Waals surface area contributed by atoms with Gasteiger partial charge in [-0.1, -0.05) is 0 Å². The van der Waals surface area contributed by atoms with Crippen molar-refractivity contribution in [3.8, 4) is 0 Å². The van der Waals surface area contributed by atoms with Crippen LogP contribution in [-0.2, 0) is 4.74 Å². The molecule has 0 saturated heterocycles. The summed E-state index contributed by atoms with van der Waals surface area (Å²) in [7, 11) is 0. The molecular formula is C6H12Cl2NO2+. The average molecular weight is 201 g/mol. The predicted octanol–water partition coefficient (Wildman–Crippen LogP) is 2.68. The van der Waals surface area contributed by atoms with Crippen LogP contribution in [-0.4, -0.2) is 22.3 Å². The molecule has 0 aliphatic carbocycles. The van der Waals surface area contributed by atoms with Crippen LogP contribution in [0.2, 0.25) is 0 Å². The van der Waals surface area contributed by atoms with Gasteiger partial charge in [0.2, 0.25) is 0 Å². The molecule has 11 heavy (non-hydrogen) atoms. The van der Waals surface area contributed by atoms with Crippen LogP contribution in [0.1, 0.15) is 20.8 Å². The lowest BCUT2D eigenvalue weighted by atomic mass is 10.4. The molecule has 0 rings (SSSR count). The number of halogens is 2. The Bertz CT molecular complexity index is 148. The summed E-state index contributed by atoms with van der Waals surface area (Å²) in [5.41, 5.74) is 0. The molecule has 0 aliphatic rings. The first kappa shape index (κ1) is 11.0. The molecule has 0 N–H and O–H groups in total. The summed E-state index contributed by atoms with van der Waals surface area (Å²) in [6.07, 6.45) is -0.633. The van der Waals surface area contributed by atoms with Gasteiger partial charge in [0.25, 0.3) is 0 Å². The molecule has 0 radical (unpaired) electrons. The van der Waals surface area contributed by atoms with Crippen LogP contribution < -0.4 is 0 Å². The SMILES string of the molecule is CCOC(=O)[N+](Cl)(Cl)C(C)C. The second-order valence-corrected chi connectivity index (χ2v) is 3.59. The minimum atomic E-state index is -0.770. The van der Waals surface area contributed by atoms with E-state index < -0.39 is 9.61 Å². The highest BCUT2D eigenvalue weighted by molar-refractivity contribution is 6.28. The van der Waals surface area contributed by atoms with Gasteiger partial charge in [-0.3, -0.25) is 0 Å². The lowest BCUT2D eigenvalue weighted by molar-refractivity contribution is -0.638. The monoisotopic (exact) mass is 200 g/mol.